The molecule has 1 amide bonds. The van der Waals surface area contributed by atoms with Gasteiger partial charge in [0.2, 0.25) is 15.7 Å². The first-order valence-corrected chi connectivity index (χ1v) is 18.4. The summed E-state index contributed by atoms with van der Waals surface area (Å²) in [5, 5.41) is 3.32. The number of rotatable bonds is 11. The van der Waals surface area contributed by atoms with Gasteiger partial charge in [-0.05, 0) is 99.3 Å². The highest BCUT2D eigenvalue weighted by Crippen LogP contribution is 2.47. The molecule has 4 heterocycles. The number of benzene rings is 2. The minimum Gasteiger partial charge on any atom is -0.371 e. The van der Waals surface area contributed by atoms with Crippen molar-refractivity contribution in [1.82, 2.24) is 20.1 Å². The number of fused-ring (bicyclic) bond motifs is 1. The topological polar surface area (TPSA) is 85.8 Å². The smallest absolute Gasteiger partial charge is 0.217 e. The zero-order valence-corrected chi connectivity index (χ0v) is 28.4. The molecule has 8 nitrogen and oxygen atoms in total. The Balaban J connectivity index is 0.00000433. The summed E-state index contributed by atoms with van der Waals surface area (Å²) in [7, 11) is -1.29. The summed E-state index contributed by atoms with van der Waals surface area (Å²) in [6.07, 6.45) is 8.42. The van der Waals surface area contributed by atoms with Crippen molar-refractivity contribution in [2.24, 2.45) is 11.8 Å². The minimum absolute atomic E-state index is 0. The van der Waals surface area contributed by atoms with Gasteiger partial charge >= 0.3 is 0 Å². The highest BCUT2D eigenvalue weighted by atomic mass is 32.2. The van der Waals surface area contributed by atoms with Crippen molar-refractivity contribution in [3.8, 4) is 0 Å². The highest BCUT2D eigenvalue weighted by Gasteiger charge is 2.47. The number of hydrogen-bond acceptors (Lipinski definition) is 7. The summed E-state index contributed by atoms with van der Waals surface area (Å²) in [6, 6.07) is 19.6. The van der Waals surface area contributed by atoms with Crippen molar-refractivity contribution in [3.63, 3.8) is 0 Å². The van der Waals surface area contributed by atoms with Crippen LogP contribution in [0.4, 0.5) is 5.69 Å². The van der Waals surface area contributed by atoms with Crippen LogP contribution < -0.4 is 10.2 Å². The van der Waals surface area contributed by atoms with Gasteiger partial charge in [0.05, 0.1) is 9.79 Å². The van der Waals surface area contributed by atoms with Gasteiger partial charge in [-0.1, -0.05) is 37.6 Å². The lowest BCUT2D eigenvalue weighted by atomic mass is 9.60. The van der Waals surface area contributed by atoms with Crippen LogP contribution in [0.5, 0.6) is 0 Å². The molecule has 0 radical (unpaired) electrons. The number of sulfone groups is 1. The zero-order chi connectivity index (χ0) is 32.3. The van der Waals surface area contributed by atoms with Crippen LogP contribution in [-0.4, -0.2) is 81.5 Å². The second kappa shape index (κ2) is 13.8. The Labute approximate surface area is 276 Å². The molecule has 0 spiro atoms. The van der Waals surface area contributed by atoms with Crippen LogP contribution in [0.3, 0.4) is 0 Å². The molecule has 2 aromatic carbocycles. The third-order valence-electron chi connectivity index (χ3n) is 10.5. The number of amides is 1. The van der Waals surface area contributed by atoms with Gasteiger partial charge in [0.1, 0.15) is 0 Å². The number of piperidine rings is 1. The maximum Gasteiger partial charge on any atom is 0.217 e. The van der Waals surface area contributed by atoms with Crippen LogP contribution in [0, 0.1) is 11.8 Å². The first-order chi connectivity index (χ1) is 22.2. The second-order valence-electron chi connectivity index (χ2n) is 13.9. The summed E-state index contributed by atoms with van der Waals surface area (Å²) >= 11 is 0. The molecular formula is C37H51N5O3S. The monoisotopic (exact) mass is 645 g/mol. The summed E-state index contributed by atoms with van der Waals surface area (Å²) in [4.78, 5) is 24.2. The highest BCUT2D eigenvalue weighted by molar-refractivity contribution is 7.91. The Morgan fingerprint density at radius 1 is 1.02 bits per heavy atom. The minimum atomic E-state index is -3.54. The quantitative estimate of drug-likeness (QED) is 0.300. The third-order valence-corrected chi connectivity index (χ3v) is 12.3. The number of anilines is 1. The number of carbonyl (C=O) groups excluding carboxylic acids is 1. The molecule has 0 saturated carbocycles. The molecule has 248 valence electrons. The fourth-order valence-electron chi connectivity index (χ4n) is 8.47. The van der Waals surface area contributed by atoms with Crippen molar-refractivity contribution >= 4 is 21.4 Å². The maximum absolute atomic E-state index is 13.0. The van der Waals surface area contributed by atoms with Crippen LogP contribution >= 0.6 is 0 Å². The number of hydrogen-bond donors (Lipinski definition) is 1. The van der Waals surface area contributed by atoms with Gasteiger partial charge < -0.3 is 20.0 Å². The normalized spacial score (nSPS) is 22.2. The molecule has 9 heteroatoms. The van der Waals surface area contributed by atoms with Gasteiger partial charge in [-0.15, -0.1) is 0 Å². The molecular weight excluding hydrogens is 595 g/mol. The van der Waals surface area contributed by atoms with E-state index in [1.54, 1.807) is 19.1 Å². The van der Waals surface area contributed by atoms with Crippen molar-refractivity contribution in [1.29, 1.82) is 0 Å². The van der Waals surface area contributed by atoms with Crippen molar-refractivity contribution in [2.75, 3.05) is 51.2 Å². The molecule has 2 fully saturated rings. The summed E-state index contributed by atoms with van der Waals surface area (Å²) < 4.78 is 25.9. The van der Waals surface area contributed by atoms with Gasteiger partial charge in [-0.25, -0.2) is 8.42 Å². The number of likely N-dealkylation sites (tertiary alicyclic amines) is 1. The number of nitrogens with zero attached hydrogens (tertiary/aromatic N) is 4. The average Bonchev–Trinajstić information content (AvgIpc) is 3.03. The lowest BCUT2D eigenvalue weighted by Gasteiger charge is -2.52. The van der Waals surface area contributed by atoms with Crippen LogP contribution in [0.1, 0.15) is 58.5 Å². The van der Waals surface area contributed by atoms with Crippen LogP contribution in [0.15, 0.2) is 82.8 Å². The lowest BCUT2D eigenvalue weighted by Crippen LogP contribution is -2.56. The van der Waals surface area contributed by atoms with E-state index in [-0.39, 0.29) is 23.7 Å². The second-order valence-corrected chi connectivity index (χ2v) is 15.9. The zero-order valence-electron chi connectivity index (χ0n) is 27.6. The number of nitrogens with one attached hydrogen (secondary N) is 1. The van der Waals surface area contributed by atoms with E-state index in [0.717, 1.165) is 70.8 Å². The molecule has 2 atom stereocenters. The largest absolute Gasteiger partial charge is 0.371 e. The average molecular weight is 646 g/mol. The van der Waals surface area contributed by atoms with E-state index < -0.39 is 9.84 Å². The Kier molecular flexibility index (Phi) is 9.83. The van der Waals surface area contributed by atoms with E-state index in [9.17, 15) is 13.2 Å². The standard InChI is InChI=1S/C37H49N5O3S.H2/c1-4-7-32(39-28(2)43)22-37(27-40(3)26-30-8-5-6-9-36(30)37)31-16-20-41(21-17-31)23-29-24-42(25-29)33-10-12-34(13-11-33)46(44,45)35-14-18-38-19-15-35;/h5-6,8-15,18-19,29,31-32H,4,7,16-17,20-27H2,1-3H3,(H,39,43);1H/t32-,37?;/m0./s1. The fraction of sp³-hybridized carbons (Fsp3) is 0.514. The molecule has 2 saturated heterocycles. The number of pyridine rings is 1. The van der Waals surface area contributed by atoms with Gasteiger partial charge in [0.25, 0.3) is 0 Å². The van der Waals surface area contributed by atoms with Crippen molar-refractivity contribution < 1.29 is 14.6 Å². The predicted octanol–water partition coefficient (Wildman–Crippen LogP) is 5.39. The van der Waals surface area contributed by atoms with E-state index in [2.05, 4.69) is 63.2 Å². The molecule has 0 bridgehead atoms. The summed E-state index contributed by atoms with van der Waals surface area (Å²) in [5.74, 6) is 1.25. The molecule has 1 aromatic heterocycles. The SMILES string of the molecule is CCC[C@@H](CC1(C2CCN(CC3CN(c4ccc(S(=O)(=O)c5ccncc5)cc4)C3)CC2)CN(C)Cc2ccccc21)NC(C)=O.[HH]. The first kappa shape index (κ1) is 32.7. The number of likely N-dealkylation sites (N-methyl/N-ethyl adjacent to an activating group) is 1. The van der Waals surface area contributed by atoms with E-state index in [0.29, 0.717) is 16.7 Å². The number of carbonyl (C=O) groups is 1. The van der Waals surface area contributed by atoms with E-state index >= 15 is 0 Å². The van der Waals surface area contributed by atoms with Crippen LogP contribution in [-0.2, 0) is 26.6 Å². The Morgan fingerprint density at radius 3 is 2.37 bits per heavy atom. The van der Waals surface area contributed by atoms with E-state index in [1.807, 2.05) is 12.1 Å². The molecule has 3 aliphatic rings. The predicted molar refractivity (Wildman–Crippen MR) is 185 cm³/mol. The maximum atomic E-state index is 13.0. The Morgan fingerprint density at radius 2 is 1.70 bits per heavy atom. The molecule has 0 aliphatic carbocycles. The molecule has 1 N–H and O–H groups in total. The molecule has 46 heavy (non-hydrogen) atoms. The molecule has 1 unspecified atom stereocenters. The van der Waals surface area contributed by atoms with Gasteiger partial charge in [-0.3, -0.25) is 9.78 Å². The molecule has 6 rings (SSSR count). The summed E-state index contributed by atoms with van der Waals surface area (Å²) in [5.41, 5.74) is 4.05. The van der Waals surface area contributed by atoms with Gasteiger partial charge in [-0.2, -0.15) is 0 Å². The Bertz CT molecular complexity index is 1590. The first-order valence-electron chi connectivity index (χ1n) is 16.9. The van der Waals surface area contributed by atoms with Crippen LogP contribution in [0.2, 0.25) is 0 Å². The van der Waals surface area contributed by atoms with Crippen molar-refractivity contribution in [2.45, 2.75) is 73.7 Å². The number of aromatic nitrogens is 1. The third kappa shape index (κ3) is 6.87. The van der Waals surface area contributed by atoms with E-state index in [1.165, 1.54) is 48.5 Å². The van der Waals surface area contributed by atoms with Crippen LogP contribution in [0.25, 0.3) is 0 Å². The lowest BCUT2D eigenvalue weighted by molar-refractivity contribution is -0.120. The molecule has 3 aliphatic heterocycles. The van der Waals surface area contributed by atoms with Gasteiger partial charge in [0, 0.05) is 76.5 Å². The fourth-order valence-corrected chi connectivity index (χ4v) is 9.71. The Hall–Kier alpha value is -3.27. The molecule has 3 aromatic rings. The van der Waals surface area contributed by atoms with Crippen molar-refractivity contribution in [3.05, 3.63) is 84.2 Å². The summed E-state index contributed by atoms with van der Waals surface area (Å²) in [6.45, 7) is 11.2. The van der Waals surface area contributed by atoms with Gasteiger partial charge in [0.15, 0.2) is 0 Å². The van der Waals surface area contributed by atoms with E-state index in [4.69, 9.17) is 0 Å².